The van der Waals surface area contributed by atoms with Crippen LogP contribution in [0.1, 0.15) is 87.5 Å². The number of benzene rings is 2. The van der Waals surface area contributed by atoms with E-state index in [1.807, 2.05) is 32.0 Å². The lowest BCUT2D eigenvalue weighted by Crippen LogP contribution is -2.54. The molecule has 13 heteroatoms. The number of fused-ring (bicyclic) bond motifs is 2. The number of piperidine rings is 1. The fourth-order valence-electron chi connectivity index (χ4n) is 6.44. The maximum atomic E-state index is 14.8. The molecule has 3 aliphatic heterocycles. The summed E-state index contributed by atoms with van der Waals surface area (Å²) in [6.07, 6.45) is 2.23. The second-order valence-electron chi connectivity index (χ2n) is 12.3. The molecule has 0 aliphatic carbocycles. The number of likely N-dealkylation sites (N-methyl/N-ethyl adjacent to an activating group) is 1. The number of aromatic nitrogens is 2. The van der Waals surface area contributed by atoms with Crippen molar-refractivity contribution in [3.63, 3.8) is 0 Å². The lowest BCUT2D eigenvalue weighted by molar-refractivity contribution is -0.136. The van der Waals surface area contributed by atoms with Crippen LogP contribution >= 0.6 is 0 Å². The molecule has 1 fully saturated rings. The van der Waals surface area contributed by atoms with Crippen LogP contribution in [-0.4, -0.2) is 74.2 Å². The van der Waals surface area contributed by atoms with E-state index in [1.54, 1.807) is 23.9 Å². The van der Waals surface area contributed by atoms with Crippen LogP contribution in [0.4, 0.5) is 0 Å². The first-order chi connectivity index (χ1) is 22.6. The Morgan fingerprint density at radius 3 is 2.64 bits per heavy atom. The van der Waals surface area contributed by atoms with Crippen LogP contribution in [0, 0.1) is 5.92 Å². The number of imide groups is 2. The molecule has 2 atom stereocenters. The summed E-state index contributed by atoms with van der Waals surface area (Å²) in [6, 6.07) is 9.35. The molecular weight excluding hydrogens is 604 g/mol. The van der Waals surface area contributed by atoms with E-state index in [9.17, 15) is 28.8 Å². The van der Waals surface area contributed by atoms with E-state index in [-0.39, 0.29) is 42.0 Å². The van der Waals surface area contributed by atoms with Crippen LogP contribution in [-0.2, 0) is 33.9 Å². The molecule has 1 saturated heterocycles. The predicted molar refractivity (Wildman–Crippen MR) is 167 cm³/mol. The molecule has 6 rings (SSSR count). The maximum Gasteiger partial charge on any atom is 0.263 e. The number of carbonyl (C=O) groups excluding carboxylic acids is 6. The number of carbonyl (C=O) groups is 6. The molecule has 244 valence electrons. The summed E-state index contributed by atoms with van der Waals surface area (Å²) in [5.74, 6) is -2.91. The maximum absolute atomic E-state index is 14.8. The van der Waals surface area contributed by atoms with Gasteiger partial charge in [0, 0.05) is 38.7 Å². The van der Waals surface area contributed by atoms with Crippen LogP contribution in [0.5, 0.6) is 5.75 Å². The van der Waals surface area contributed by atoms with Crippen LogP contribution in [0.25, 0.3) is 0 Å². The van der Waals surface area contributed by atoms with E-state index in [0.29, 0.717) is 31.8 Å². The third kappa shape index (κ3) is 5.88. The highest BCUT2D eigenvalue weighted by atomic mass is 16.5. The molecule has 2 aromatic carbocycles. The summed E-state index contributed by atoms with van der Waals surface area (Å²) in [4.78, 5) is 83.0. The molecule has 13 nitrogen and oxygen atoms in total. The monoisotopic (exact) mass is 640 g/mol. The van der Waals surface area contributed by atoms with Crippen molar-refractivity contribution in [1.29, 1.82) is 0 Å². The van der Waals surface area contributed by atoms with E-state index in [1.165, 1.54) is 23.1 Å². The summed E-state index contributed by atoms with van der Waals surface area (Å²) in [6.45, 7) is 7.16. The highest BCUT2D eigenvalue weighted by Crippen LogP contribution is 2.34. The van der Waals surface area contributed by atoms with Crippen molar-refractivity contribution in [2.45, 2.75) is 65.2 Å². The lowest BCUT2D eigenvalue weighted by atomic mass is 9.99. The van der Waals surface area contributed by atoms with Gasteiger partial charge in [0.05, 0.1) is 29.0 Å². The number of hydrogen-bond donors (Lipinski definition) is 2. The molecule has 3 aromatic rings. The molecule has 0 spiro atoms. The van der Waals surface area contributed by atoms with Gasteiger partial charge >= 0.3 is 0 Å². The minimum absolute atomic E-state index is 0.0105. The summed E-state index contributed by atoms with van der Waals surface area (Å²) in [7, 11) is 0. The predicted octanol–water partition coefficient (Wildman–Crippen LogP) is 2.39. The molecular formula is C34H36N6O7. The van der Waals surface area contributed by atoms with E-state index in [0.717, 1.165) is 21.8 Å². The Morgan fingerprint density at radius 2 is 1.89 bits per heavy atom. The zero-order valence-corrected chi connectivity index (χ0v) is 26.4. The highest BCUT2D eigenvalue weighted by Gasteiger charge is 2.47. The largest absolute Gasteiger partial charge is 0.493 e. The van der Waals surface area contributed by atoms with Gasteiger partial charge < -0.3 is 15.0 Å². The van der Waals surface area contributed by atoms with Crippen molar-refractivity contribution in [3.8, 4) is 5.75 Å². The number of rotatable bonds is 10. The van der Waals surface area contributed by atoms with Gasteiger partial charge in [0.1, 0.15) is 11.8 Å². The van der Waals surface area contributed by atoms with E-state index in [4.69, 9.17) is 4.74 Å². The summed E-state index contributed by atoms with van der Waals surface area (Å²) >= 11 is 0. The third-order valence-electron chi connectivity index (χ3n) is 8.54. The van der Waals surface area contributed by atoms with Crippen LogP contribution in [0.15, 0.2) is 48.7 Å². The zero-order chi connectivity index (χ0) is 33.4. The second kappa shape index (κ2) is 12.8. The van der Waals surface area contributed by atoms with Gasteiger partial charge in [-0.05, 0) is 54.7 Å². The SMILES string of the molecule is CCNC(=O)C(c1ccnn1CC(C)C)N(Cc1ccc2c(c1)CCO2)C(=O)c1cccc2c1C(=O)N(C1CCC(=O)NC1=O)C2=O. The Hall–Kier alpha value is -5.33. The summed E-state index contributed by atoms with van der Waals surface area (Å²) in [5, 5.41) is 9.51. The van der Waals surface area contributed by atoms with Gasteiger partial charge in [-0.25, -0.2) is 0 Å². The Kier molecular flexibility index (Phi) is 8.63. The first-order valence-electron chi connectivity index (χ1n) is 15.8. The minimum Gasteiger partial charge on any atom is -0.493 e. The van der Waals surface area contributed by atoms with E-state index in [2.05, 4.69) is 15.7 Å². The van der Waals surface area contributed by atoms with Crippen molar-refractivity contribution in [2.75, 3.05) is 13.2 Å². The molecule has 47 heavy (non-hydrogen) atoms. The Bertz CT molecular complexity index is 1800. The molecule has 3 aliphatic rings. The number of amides is 6. The molecule has 6 amide bonds. The second-order valence-corrected chi connectivity index (χ2v) is 12.3. The van der Waals surface area contributed by atoms with Gasteiger partial charge in [-0.1, -0.05) is 32.0 Å². The molecule has 2 unspecified atom stereocenters. The Labute approximate surface area is 271 Å². The molecule has 4 heterocycles. The van der Waals surface area contributed by atoms with Gasteiger partial charge in [0.25, 0.3) is 17.7 Å². The van der Waals surface area contributed by atoms with Gasteiger partial charge in [0.15, 0.2) is 6.04 Å². The Morgan fingerprint density at radius 1 is 1.09 bits per heavy atom. The van der Waals surface area contributed by atoms with Crippen molar-refractivity contribution in [1.82, 2.24) is 30.2 Å². The van der Waals surface area contributed by atoms with Crippen molar-refractivity contribution in [3.05, 3.63) is 82.2 Å². The normalized spacial score (nSPS) is 17.7. The first-order valence-corrected chi connectivity index (χ1v) is 15.8. The summed E-state index contributed by atoms with van der Waals surface area (Å²) in [5.41, 5.74) is 1.96. The number of hydrogen-bond acceptors (Lipinski definition) is 8. The fourth-order valence-corrected chi connectivity index (χ4v) is 6.44. The lowest BCUT2D eigenvalue weighted by Gasteiger charge is -2.32. The fraction of sp³-hybridized carbons (Fsp3) is 0.382. The zero-order valence-electron chi connectivity index (χ0n) is 26.4. The highest BCUT2D eigenvalue weighted by molar-refractivity contribution is 6.26. The number of nitrogens with one attached hydrogen (secondary N) is 2. The number of ether oxygens (including phenoxy) is 1. The Balaban J connectivity index is 1.45. The van der Waals surface area contributed by atoms with Crippen molar-refractivity contribution >= 4 is 35.4 Å². The molecule has 2 N–H and O–H groups in total. The van der Waals surface area contributed by atoms with Crippen LogP contribution < -0.4 is 15.4 Å². The minimum atomic E-state index is -1.19. The smallest absolute Gasteiger partial charge is 0.263 e. The molecule has 1 aromatic heterocycles. The van der Waals surface area contributed by atoms with Crippen molar-refractivity contribution < 1.29 is 33.5 Å². The van der Waals surface area contributed by atoms with E-state index >= 15 is 0 Å². The average Bonchev–Trinajstić information content (AvgIpc) is 3.75. The van der Waals surface area contributed by atoms with E-state index < -0.39 is 47.5 Å². The standard InChI is InChI=1S/C34H36N6O7/c1-4-35-31(43)29(24-12-14-36-39(24)17-19(2)3)38(18-20-8-10-26-21(16-20)13-15-47-26)32(44)22-6-5-7-23-28(22)34(46)40(33(23)45)25-9-11-27(41)37-30(25)42/h5-8,10,12,14,16,19,25,29H,4,9,11,13,15,17-18H2,1-3H3,(H,35,43)(H,37,41,42). The number of nitrogens with zero attached hydrogens (tertiary/aromatic N) is 4. The quantitative estimate of drug-likeness (QED) is 0.320. The van der Waals surface area contributed by atoms with Gasteiger partial charge in [0.2, 0.25) is 17.7 Å². The van der Waals surface area contributed by atoms with Crippen LogP contribution in [0.2, 0.25) is 0 Å². The third-order valence-corrected chi connectivity index (χ3v) is 8.54. The van der Waals surface area contributed by atoms with Crippen molar-refractivity contribution in [2.24, 2.45) is 5.92 Å². The first kappa shape index (κ1) is 31.6. The molecule has 0 saturated carbocycles. The van der Waals surface area contributed by atoms with Gasteiger partial charge in [-0.3, -0.25) is 43.7 Å². The van der Waals surface area contributed by atoms with Crippen LogP contribution in [0.3, 0.4) is 0 Å². The average molecular weight is 641 g/mol. The molecule has 0 radical (unpaired) electrons. The van der Waals surface area contributed by atoms with Gasteiger partial charge in [-0.2, -0.15) is 5.10 Å². The topological polar surface area (TPSA) is 160 Å². The summed E-state index contributed by atoms with van der Waals surface area (Å²) < 4.78 is 7.38. The van der Waals surface area contributed by atoms with Gasteiger partial charge in [-0.15, -0.1) is 0 Å². The molecule has 0 bridgehead atoms.